The van der Waals surface area contributed by atoms with Gasteiger partial charge in [-0.3, -0.25) is 4.79 Å². The SMILES string of the molecule is CC(C)c1ccccc1NC(=O)CO. The molecule has 76 valence electrons. The fraction of sp³-hybridized carbons (Fsp3) is 0.364. The monoisotopic (exact) mass is 193 g/mol. The highest BCUT2D eigenvalue weighted by molar-refractivity contribution is 5.92. The van der Waals surface area contributed by atoms with Crippen LogP contribution in [0.15, 0.2) is 24.3 Å². The Labute approximate surface area is 83.8 Å². The minimum absolute atomic E-state index is 0.352. The number of hydrogen-bond donors (Lipinski definition) is 2. The summed E-state index contributed by atoms with van der Waals surface area (Å²) >= 11 is 0. The number of hydrogen-bond acceptors (Lipinski definition) is 2. The lowest BCUT2D eigenvalue weighted by molar-refractivity contribution is -0.118. The predicted octanol–water partition coefficient (Wildman–Crippen LogP) is 1.74. The summed E-state index contributed by atoms with van der Waals surface area (Å²) in [7, 11) is 0. The van der Waals surface area contributed by atoms with E-state index in [4.69, 9.17) is 5.11 Å². The van der Waals surface area contributed by atoms with Gasteiger partial charge in [0.1, 0.15) is 6.61 Å². The standard InChI is InChI=1S/C11H15NO2/c1-8(2)9-5-3-4-6-10(9)12-11(14)7-13/h3-6,8,13H,7H2,1-2H3,(H,12,14). The Kier molecular flexibility index (Phi) is 3.65. The minimum atomic E-state index is -0.480. The first-order valence-corrected chi connectivity index (χ1v) is 4.64. The van der Waals surface area contributed by atoms with E-state index < -0.39 is 6.61 Å². The van der Waals surface area contributed by atoms with Crippen molar-refractivity contribution >= 4 is 11.6 Å². The van der Waals surface area contributed by atoms with Crippen molar-refractivity contribution < 1.29 is 9.90 Å². The lowest BCUT2D eigenvalue weighted by atomic mass is 10.0. The predicted molar refractivity (Wildman–Crippen MR) is 56.2 cm³/mol. The molecule has 0 aliphatic heterocycles. The molecule has 0 radical (unpaired) electrons. The summed E-state index contributed by atoms with van der Waals surface area (Å²) in [6.07, 6.45) is 0. The van der Waals surface area contributed by atoms with E-state index in [1.165, 1.54) is 0 Å². The Morgan fingerprint density at radius 3 is 2.64 bits per heavy atom. The van der Waals surface area contributed by atoms with E-state index in [-0.39, 0.29) is 5.91 Å². The van der Waals surface area contributed by atoms with Gasteiger partial charge in [0.25, 0.3) is 0 Å². The summed E-state index contributed by atoms with van der Waals surface area (Å²) < 4.78 is 0. The molecule has 0 unspecified atom stereocenters. The molecule has 3 heteroatoms. The summed E-state index contributed by atoms with van der Waals surface area (Å²) in [4.78, 5) is 11.0. The number of aliphatic hydroxyl groups excluding tert-OH is 1. The highest BCUT2D eigenvalue weighted by Crippen LogP contribution is 2.23. The van der Waals surface area contributed by atoms with E-state index in [1.54, 1.807) is 0 Å². The second-order valence-electron chi connectivity index (χ2n) is 3.45. The summed E-state index contributed by atoms with van der Waals surface area (Å²) in [6, 6.07) is 7.60. The van der Waals surface area contributed by atoms with Gasteiger partial charge < -0.3 is 10.4 Å². The molecule has 0 spiro atoms. The summed E-state index contributed by atoms with van der Waals surface area (Å²) in [6.45, 7) is 3.64. The first kappa shape index (κ1) is 10.7. The van der Waals surface area contributed by atoms with Crippen molar-refractivity contribution in [3.05, 3.63) is 29.8 Å². The van der Waals surface area contributed by atoms with Gasteiger partial charge in [0.05, 0.1) is 0 Å². The minimum Gasteiger partial charge on any atom is -0.387 e. The molecule has 0 fully saturated rings. The van der Waals surface area contributed by atoms with Gasteiger partial charge in [-0.2, -0.15) is 0 Å². The maximum atomic E-state index is 11.0. The zero-order valence-electron chi connectivity index (χ0n) is 8.45. The Morgan fingerprint density at radius 1 is 1.43 bits per heavy atom. The number of carbonyl (C=O) groups is 1. The molecular weight excluding hydrogens is 178 g/mol. The van der Waals surface area contributed by atoms with Crippen LogP contribution in [0.5, 0.6) is 0 Å². The average molecular weight is 193 g/mol. The molecule has 0 saturated heterocycles. The lowest BCUT2D eigenvalue weighted by Gasteiger charge is -2.12. The van der Waals surface area contributed by atoms with Gasteiger partial charge in [0.2, 0.25) is 5.91 Å². The number of aliphatic hydroxyl groups is 1. The normalized spacial score (nSPS) is 10.3. The van der Waals surface area contributed by atoms with Crippen molar-refractivity contribution in [2.75, 3.05) is 11.9 Å². The van der Waals surface area contributed by atoms with E-state index >= 15 is 0 Å². The molecule has 0 aromatic heterocycles. The zero-order chi connectivity index (χ0) is 10.6. The number of amides is 1. The molecule has 0 atom stereocenters. The summed E-state index contributed by atoms with van der Waals surface area (Å²) in [5.74, 6) is -0.0247. The van der Waals surface area contributed by atoms with Gasteiger partial charge in [-0.15, -0.1) is 0 Å². The van der Waals surface area contributed by atoms with E-state index in [1.807, 2.05) is 24.3 Å². The van der Waals surface area contributed by atoms with Gasteiger partial charge in [0, 0.05) is 5.69 Å². The Morgan fingerprint density at radius 2 is 2.07 bits per heavy atom. The van der Waals surface area contributed by atoms with Crippen LogP contribution in [0.3, 0.4) is 0 Å². The van der Waals surface area contributed by atoms with Crippen LogP contribution in [-0.4, -0.2) is 17.6 Å². The first-order valence-electron chi connectivity index (χ1n) is 4.64. The van der Waals surface area contributed by atoms with Crippen molar-refractivity contribution in [1.29, 1.82) is 0 Å². The molecule has 0 aliphatic rings. The smallest absolute Gasteiger partial charge is 0.250 e. The molecule has 0 bridgehead atoms. The maximum Gasteiger partial charge on any atom is 0.250 e. The third-order valence-corrected chi connectivity index (χ3v) is 2.00. The average Bonchev–Trinajstić information content (AvgIpc) is 2.18. The van der Waals surface area contributed by atoms with Crippen LogP contribution in [0.1, 0.15) is 25.3 Å². The van der Waals surface area contributed by atoms with Crippen molar-refractivity contribution in [2.45, 2.75) is 19.8 Å². The van der Waals surface area contributed by atoms with Gasteiger partial charge >= 0.3 is 0 Å². The molecular formula is C11H15NO2. The van der Waals surface area contributed by atoms with Crippen LogP contribution in [0.2, 0.25) is 0 Å². The highest BCUT2D eigenvalue weighted by Gasteiger charge is 2.07. The second-order valence-corrected chi connectivity index (χ2v) is 3.45. The summed E-state index contributed by atoms with van der Waals surface area (Å²) in [5.41, 5.74) is 1.86. The van der Waals surface area contributed by atoms with Gasteiger partial charge in [-0.1, -0.05) is 32.0 Å². The number of anilines is 1. The van der Waals surface area contributed by atoms with Crippen LogP contribution in [-0.2, 0) is 4.79 Å². The number of nitrogens with one attached hydrogen (secondary N) is 1. The molecule has 2 N–H and O–H groups in total. The Balaban J connectivity index is 2.90. The molecule has 1 rings (SSSR count). The highest BCUT2D eigenvalue weighted by atomic mass is 16.3. The van der Waals surface area contributed by atoms with E-state index in [0.29, 0.717) is 5.92 Å². The third-order valence-electron chi connectivity index (χ3n) is 2.00. The van der Waals surface area contributed by atoms with Crippen LogP contribution in [0.25, 0.3) is 0 Å². The van der Waals surface area contributed by atoms with Crippen molar-refractivity contribution in [1.82, 2.24) is 0 Å². The quantitative estimate of drug-likeness (QED) is 0.768. The van der Waals surface area contributed by atoms with Crippen molar-refractivity contribution in [3.8, 4) is 0 Å². The largest absolute Gasteiger partial charge is 0.387 e. The van der Waals surface area contributed by atoms with Gasteiger partial charge in [-0.25, -0.2) is 0 Å². The maximum absolute atomic E-state index is 11.0. The third kappa shape index (κ3) is 2.57. The fourth-order valence-electron chi connectivity index (χ4n) is 1.30. The van der Waals surface area contributed by atoms with Gasteiger partial charge in [-0.05, 0) is 17.5 Å². The zero-order valence-corrected chi connectivity index (χ0v) is 8.45. The number of rotatable bonds is 3. The first-order chi connectivity index (χ1) is 6.65. The Hall–Kier alpha value is -1.35. The molecule has 0 saturated carbocycles. The molecule has 3 nitrogen and oxygen atoms in total. The topological polar surface area (TPSA) is 49.3 Å². The van der Waals surface area contributed by atoms with Crippen LogP contribution >= 0.6 is 0 Å². The van der Waals surface area contributed by atoms with Crippen LogP contribution in [0.4, 0.5) is 5.69 Å². The fourth-order valence-corrected chi connectivity index (χ4v) is 1.30. The van der Waals surface area contributed by atoms with Crippen LogP contribution in [0, 0.1) is 0 Å². The van der Waals surface area contributed by atoms with E-state index in [0.717, 1.165) is 11.3 Å². The molecule has 0 heterocycles. The second kappa shape index (κ2) is 4.77. The van der Waals surface area contributed by atoms with Gasteiger partial charge in [0.15, 0.2) is 0 Å². The lowest BCUT2D eigenvalue weighted by Crippen LogP contribution is -2.16. The molecule has 14 heavy (non-hydrogen) atoms. The molecule has 1 amide bonds. The summed E-state index contributed by atoms with van der Waals surface area (Å²) in [5, 5.41) is 11.3. The van der Waals surface area contributed by atoms with Crippen molar-refractivity contribution in [3.63, 3.8) is 0 Å². The molecule has 0 aliphatic carbocycles. The number of para-hydroxylation sites is 1. The van der Waals surface area contributed by atoms with Crippen LogP contribution < -0.4 is 5.32 Å². The number of carbonyl (C=O) groups excluding carboxylic acids is 1. The van der Waals surface area contributed by atoms with Crippen molar-refractivity contribution in [2.24, 2.45) is 0 Å². The van der Waals surface area contributed by atoms with E-state index in [9.17, 15) is 4.79 Å². The molecule has 1 aromatic rings. The Bertz CT molecular complexity index is 321. The van der Waals surface area contributed by atoms with E-state index in [2.05, 4.69) is 19.2 Å². The molecule has 1 aromatic carbocycles. The number of benzene rings is 1.